The van der Waals surface area contributed by atoms with Crippen LogP contribution in [-0.2, 0) is 16.2 Å². The average Bonchev–Trinajstić information content (AvgIpc) is 3.68. The third-order valence-corrected chi connectivity index (χ3v) is 10.6. The zero-order valence-corrected chi connectivity index (χ0v) is 28.0. The molecule has 0 saturated carbocycles. The van der Waals surface area contributed by atoms with Crippen molar-refractivity contribution in [2.75, 3.05) is 5.32 Å². The molecule has 1 N–H and O–H groups in total. The van der Waals surface area contributed by atoms with Gasteiger partial charge in [-0.2, -0.15) is 0 Å². The van der Waals surface area contributed by atoms with Crippen molar-refractivity contribution in [2.45, 2.75) is 57.8 Å². The Morgan fingerprint density at radius 3 is 1.77 bits per heavy atom. The van der Waals surface area contributed by atoms with Crippen LogP contribution in [0.25, 0.3) is 44.2 Å². The van der Waals surface area contributed by atoms with Gasteiger partial charge in [0.1, 0.15) is 5.58 Å². The maximum atomic E-state index is 6.46. The molecule has 7 aromatic rings. The maximum absolute atomic E-state index is 6.46. The number of fused-ring (bicyclic) bond motifs is 13. The fourth-order valence-corrected chi connectivity index (χ4v) is 8.26. The molecule has 6 aromatic carbocycles. The molecule has 1 aromatic heterocycles. The van der Waals surface area contributed by atoms with Gasteiger partial charge in [0, 0.05) is 22.0 Å². The number of furan rings is 1. The minimum atomic E-state index is -0.428. The highest BCUT2D eigenvalue weighted by Gasteiger charge is 2.52. The molecule has 230 valence electrons. The molecule has 2 aliphatic rings. The van der Waals surface area contributed by atoms with Crippen molar-refractivity contribution in [1.82, 2.24) is 0 Å². The predicted molar refractivity (Wildman–Crippen MR) is 197 cm³/mol. The maximum Gasteiger partial charge on any atom is 0.158 e. The van der Waals surface area contributed by atoms with E-state index in [0.717, 1.165) is 33.3 Å². The quantitative estimate of drug-likeness (QED) is 0.211. The minimum Gasteiger partial charge on any atom is -0.454 e. The second kappa shape index (κ2) is 9.48. The van der Waals surface area contributed by atoms with Crippen LogP contribution in [0.4, 0.5) is 11.4 Å². The Balaban J connectivity index is 1.34. The highest BCUT2D eigenvalue weighted by Crippen LogP contribution is 2.64. The van der Waals surface area contributed by atoms with Gasteiger partial charge >= 0.3 is 0 Å². The van der Waals surface area contributed by atoms with Crippen molar-refractivity contribution in [3.8, 4) is 22.3 Å². The smallest absolute Gasteiger partial charge is 0.158 e. The van der Waals surface area contributed by atoms with Gasteiger partial charge in [-0.3, -0.25) is 0 Å². The van der Waals surface area contributed by atoms with E-state index in [1.54, 1.807) is 0 Å². The van der Waals surface area contributed by atoms with Crippen molar-refractivity contribution in [3.05, 3.63) is 155 Å². The van der Waals surface area contributed by atoms with Crippen LogP contribution < -0.4 is 5.32 Å². The van der Waals surface area contributed by atoms with Gasteiger partial charge in [-0.25, -0.2) is 0 Å². The lowest BCUT2D eigenvalue weighted by Gasteiger charge is -2.33. The summed E-state index contributed by atoms with van der Waals surface area (Å²) in [6.45, 7) is 13.9. The Bertz CT molecular complexity index is 2350. The van der Waals surface area contributed by atoms with Gasteiger partial charge in [0.15, 0.2) is 5.58 Å². The SMILES string of the molecule is CC(C)(C)c1ccc2c(c1)C1(c3cc(C(C)(C)C)ccc3-2)c2ccccc2-c2c(Nc3cccc4c3oc3ccccc34)cccc21. The first-order chi connectivity index (χ1) is 22.6. The Hall–Kier alpha value is -5.08. The first kappa shape index (κ1) is 28.2. The standard InChI is InChI=1S/C45H39NO/c1-43(2,3)27-21-23-29-30-24-22-28(44(4,5)6)26-37(30)45(36(29)25-27)34-16-9-7-14-33(34)41-35(45)17-12-18-38(41)46-39-19-11-15-32-31-13-8-10-20-40(31)47-42(32)39/h7-26,46H,1-6H3. The topological polar surface area (TPSA) is 25.2 Å². The number of para-hydroxylation sites is 2. The number of rotatable bonds is 2. The number of hydrogen-bond acceptors (Lipinski definition) is 2. The summed E-state index contributed by atoms with van der Waals surface area (Å²) >= 11 is 0. The zero-order chi connectivity index (χ0) is 32.3. The largest absolute Gasteiger partial charge is 0.454 e. The number of hydrogen-bond donors (Lipinski definition) is 1. The van der Waals surface area contributed by atoms with Gasteiger partial charge in [0.25, 0.3) is 0 Å². The third kappa shape index (κ3) is 3.85. The fourth-order valence-electron chi connectivity index (χ4n) is 8.26. The van der Waals surface area contributed by atoms with Gasteiger partial charge in [0.05, 0.1) is 11.1 Å². The summed E-state index contributed by atoms with van der Waals surface area (Å²) in [6, 6.07) is 45.1. The lowest BCUT2D eigenvalue weighted by Crippen LogP contribution is -2.27. The molecule has 0 amide bonds. The second-order valence-electron chi connectivity index (χ2n) is 15.4. The van der Waals surface area contributed by atoms with Gasteiger partial charge in [0.2, 0.25) is 0 Å². The van der Waals surface area contributed by atoms with Crippen molar-refractivity contribution in [2.24, 2.45) is 0 Å². The van der Waals surface area contributed by atoms with E-state index in [0.29, 0.717) is 0 Å². The van der Waals surface area contributed by atoms with E-state index >= 15 is 0 Å². The van der Waals surface area contributed by atoms with E-state index < -0.39 is 5.41 Å². The van der Waals surface area contributed by atoms with Crippen molar-refractivity contribution < 1.29 is 4.42 Å². The highest BCUT2D eigenvalue weighted by molar-refractivity contribution is 6.10. The molecule has 1 heterocycles. The van der Waals surface area contributed by atoms with E-state index in [2.05, 4.69) is 156 Å². The third-order valence-electron chi connectivity index (χ3n) is 10.6. The van der Waals surface area contributed by atoms with Gasteiger partial charge in [-0.05, 0) is 79.1 Å². The summed E-state index contributed by atoms with van der Waals surface area (Å²) in [4.78, 5) is 0. The Labute approximate surface area is 277 Å². The van der Waals surface area contributed by atoms with Crippen LogP contribution in [-0.4, -0.2) is 0 Å². The summed E-state index contributed by atoms with van der Waals surface area (Å²) in [5, 5.41) is 6.14. The molecule has 1 spiro atoms. The number of anilines is 2. The van der Waals surface area contributed by atoms with Gasteiger partial charge in [-0.15, -0.1) is 0 Å². The van der Waals surface area contributed by atoms with E-state index in [4.69, 9.17) is 4.42 Å². The van der Waals surface area contributed by atoms with Gasteiger partial charge in [-0.1, -0.05) is 145 Å². The van der Waals surface area contributed by atoms with Crippen LogP contribution in [0.15, 0.2) is 126 Å². The van der Waals surface area contributed by atoms with Crippen LogP contribution in [0.2, 0.25) is 0 Å². The lowest BCUT2D eigenvalue weighted by atomic mass is 9.69. The molecular weight excluding hydrogens is 571 g/mol. The van der Waals surface area contributed by atoms with Crippen molar-refractivity contribution in [3.63, 3.8) is 0 Å². The molecule has 0 bridgehead atoms. The minimum absolute atomic E-state index is 0.0250. The molecular formula is C45H39NO. The summed E-state index contributed by atoms with van der Waals surface area (Å²) in [6.07, 6.45) is 0. The number of nitrogens with one attached hydrogen (secondary N) is 1. The monoisotopic (exact) mass is 609 g/mol. The Morgan fingerprint density at radius 2 is 1.06 bits per heavy atom. The first-order valence-corrected chi connectivity index (χ1v) is 16.8. The number of benzene rings is 6. The summed E-state index contributed by atoms with van der Waals surface area (Å²) in [5.74, 6) is 0. The van der Waals surface area contributed by atoms with Crippen LogP contribution in [0, 0.1) is 0 Å². The van der Waals surface area contributed by atoms with Crippen LogP contribution in [0.1, 0.15) is 74.9 Å². The van der Waals surface area contributed by atoms with Gasteiger partial charge < -0.3 is 9.73 Å². The van der Waals surface area contributed by atoms with Crippen LogP contribution in [0.5, 0.6) is 0 Å². The predicted octanol–water partition coefficient (Wildman–Crippen LogP) is 12.3. The Kier molecular flexibility index (Phi) is 5.68. The molecule has 0 saturated heterocycles. The molecule has 2 aliphatic carbocycles. The van der Waals surface area contributed by atoms with E-state index in [1.807, 2.05) is 12.1 Å². The molecule has 0 atom stereocenters. The molecule has 2 nitrogen and oxygen atoms in total. The summed E-state index contributed by atoms with van der Waals surface area (Å²) < 4.78 is 6.46. The highest BCUT2D eigenvalue weighted by atomic mass is 16.3. The van der Waals surface area contributed by atoms with Crippen LogP contribution >= 0.6 is 0 Å². The Morgan fingerprint density at radius 1 is 0.489 bits per heavy atom. The molecule has 47 heavy (non-hydrogen) atoms. The first-order valence-electron chi connectivity index (χ1n) is 16.8. The molecule has 0 unspecified atom stereocenters. The molecule has 0 fully saturated rings. The van der Waals surface area contributed by atoms with Crippen LogP contribution in [0.3, 0.4) is 0 Å². The summed E-state index contributed by atoms with van der Waals surface area (Å²) in [5.41, 5.74) is 16.9. The van der Waals surface area contributed by atoms with Crippen molar-refractivity contribution >= 4 is 33.3 Å². The second-order valence-corrected chi connectivity index (χ2v) is 15.4. The summed E-state index contributed by atoms with van der Waals surface area (Å²) in [7, 11) is 0. The van der Waals surface area contributed by atoms with E-state index in [9.17, 15) is 0 Å². The lowest BCUT2D eigenvalue weighted by molar-refractivity contribution is 0.586. The molecule has 0 radical (unpaired) electrons. The zero-order valence-electron chi connectivity index (χ0n) is 28.0. The van der Waals surface area contributed by atoms with E-state index in [-0.39, 0.29) is 10.8 Å². The molecule has 2 heteroatoms. The molecule has 0 aliphatic heterocycles. The normalized spacial score (nSPS) is 14.3. The van der Waals surface area contributed by atoms with Crippen molar-refractivity contribution in [1.29, 1.82) is 0 Å². The fraction of sp³-hybridized carbons (Fsp3) is 0.200. The average molecular weight is 610 g/mol. The van der Waals surface area contributed by atoms with E-state index in [1.165, 1.54) is 55.6 Å². The molecule has 9 rings (SSSR count).